The topological polar surface area (TPSA) is 90.1 Å². The molecule has 0 N–H and O–H groups in total. The van der Waals surface area contributed by atoms with Crippen LogP contribution in [0, 0.1) is 0 Å². The highest BCUT2D eigenvalue weighted by molar-refractivity contribution is 6.42. The fourth-order valence-electron chi connectivity index (χ4n) is 5.58. The lowest BCUT2D eigenvalue weighted by molar-refractivity contribution is -0.149. The number of halogens is 2. The minimum atomic E-state index is -0.825. The Morgan fingerprint density at radius 3 is 2.45 bits per heavy atom. The van der Waals surface area contributed by atoms with E-state index >= 15 is 0 Å². The summed E-state index contributed by atoms with van der Waals surface area (Å²) < 4.78 is 29.2. The number of fused-ring (bicyclic) bond motifs is 2. The third-order valence-electron chi connectivity index (χ3n) is 7.88. The fourth-order valence-corrected chi connectivity index (χ4v) is 5.90. The Balaban J connectivity index is 1.20. The Kier molecular flexibility index (Phi) is 8.28. The van der Waals surface area contributed by atoms with Gasteiger partial charge < -0.3 is 28.6 Å². The minimum Gasteiger partial charge on any atom is -0.489 e. The van der Waals surface area contributed by atoms with E-state index in [1.807, 2.05) is 68.1 Å². The Labute approximate surface area is 266 Å². The second kappa shape index (κ2) is 11.9. The quantitative estimate of drug-likeness (QED) is 0.227. The van der Waals surface area contributed by atoms with E-state index in [-0.39, 0.29) is 23.7 Å². The van der Waals surface area contributed by atoms with Crippen LogP contribution in [0.25, 0.3) is 0 Å². The monoisotopic (exact) mass is 640 g/mol. The molecule has 4 atom stereocenters. The summed E-state index contributed by atoms with van der Waals surface area (Å²) in [5.74, 6) is 0.689. The standard InChI is InChI=1S/C33H34Cl2N2O7/c1-33(2,3)44-32-30(43-32)37-16-21-15-27-25(13-20(21)14-26(37)31(39)40-5)36(4)29(38)28(42-27)19-7-9-22(10-8-19)41-17-18-6-11-23(34)24(35)12-18/h6-13,15,26,28,30,32H,14,16-17H2,1-5H3/t26-,28+,30?,32?/m0/s1. The number of methoxy groups -OCH3 is 1. The van der Waals surface area contributed by atoms with Gasteiger partial charge in [0.2, 0.25) is 6.10 Å². The molecule has 3 aliphatic heterocycles. The summed E-state index contributed by atoms with van der Waals surface area (Å²) in [6, 6.07) is 16.0. The number of rotatable bonds is 7. The average molecular weight is 642 g/mol. The highest BCUT2D eigenvalue weighted by Crippen LogP contribution is 2.44. The summed E-state index contributed by atoms with van der Waals surface area (Å²) in [4.78, 5) is 29.9. The Morgan fingerprint density at radius 1 is 1.02 bits per heavy atom. The van der Waals surface area contributed by atoms with Gasteiger partial charge in [-0.1, -0.05) is 41.4 Å². The molecule has 0 spiro atoms. The second-order valence-electron chi connectivity index (χ2n) is 12.1. The molecule has 0 aliphatic carbocycles. The lowest BCUT2D eigenvalue weighted by Gasteiger charge is -2.37. The van der Waals surface area contributed by atoms with Crippen molar-refractivity contribution in [3.05, 3.63) is 86.9 Å². The first-order valence-electron chi connectivity index (χ1n) is 14.4. The lowest BCUT2D eigenvalue weighted by Crippen LogP contribution is -2.48. The molecule has 11 heteroatoms. The van der Waals surface area contributed by atoms with Crippen molar-refractivity contribution in [2.75, 3.05) is 19.1 Å². The Morgan fingerprint density at radius 2 is 1.77 bits per heavy atom. The third kappa shape index (κ3) is 6.25. The first-order chi connectivity index (χ1) is 20.9. The third-order valence-corrected chi connectivity index (χ3v) is 8.62. The van der Waals surface area contributed by atoms with Crippen LogP contribution in [0.4, 0.5) is 5.69 Å². The van der Waals surface area contributed by atoms with Crippen LogP contribution in [0.1, 0.15) is 49.1 Å². The van der Waals surface area contributed by atoms with Crippen molar-refractivity contribution >= 4 is 40.8 Å². The maximum absolute atomic E-state index is 13.5. The summed E-state index contributed by atoms with van der Waals surface area (Å²) in [7, 11) is 3.12. The van der Waals surface area contributed by atoms with Gasteiger partial charge in [-0.25, -0.2) is 0 Å². The first kappa shape index (κ1) is 30.7. The number of anilines is 1. The van der Waals surface area contributed by atoms with Crippen molar-refractivity contribution in [3.63, 3.8) is 0 Å². The molecule has 0 aromatic heterocycles. The number of esters is 1. The highest BCUT2D eigenvalue weighted by Gasteiger charge is 2.52. The summed E-state index contributed by atoms with van der Waals surface area (Å²) in [6.45, 7) is 6.65. The van der Waals surface area contributed by atoms with E-state index in [1.54, 1.807) is 24.1 Å². The molecule has 1 fully saturated rings. The van der Waals surface area contributed by atoms with Gasteiger partial charge in [-0.15, -0.1) is 0 Å². The van der Waals surface area contributed by atoms with Gasteiger partial charge in [0.15, 0.2) is 12.5 Å². The molecular weight excluding hydrogens is 607 g/mol. The minimum absolute atomic E-state index is 0.197. The maximum Gasteiger partial charge on any atom is 0.323 e. The number of ether oxygens (including phenoxy) is 5. The number of hydrogen-bond donors (Lipinski definition) is 0. The number of carbonyl (C=O) groups excluding carboxylic acids is 2. The molecule has 0 bridgehead atoms. The number of nitrogens with zero attached hydrogens (tertiary/aromatic N) is 2. The van der Waals surface area contributed by atoms with E-state index in [2.05, 4.69) is 0 Å². The molecule has 3 aromatic rings. The summed E-state index contributed by atoms with van der Waals surface area (Å²) >= 11 is 12.1. The van der Waals surface area contributed by atoms with Gasteiger partial charge >= 0.3 is 5.97 Å². The van der Waals surface area contributed by atoms with Gasteiger partial charge in [0.1, 0.15) is 24.1 Å². The number of likely N-dealkylation sites (N-methyl/N-ethyl adjacent to an activating group) is 1. The normalized spacial score (nSPS) is 23.0. The molecule has 3 aromatic carbocycles. The van der Waals surface area contributed by atoms with Gasteiger partial charge in [0, 0.05) is 19.2 Å². The van der Waals surface area contributed by atoms with E-state index in [1.165, 1.54) is 7.11 Å². The molecule has 3 aliphatic rings. The number of epoxide rings is 1. The van der Waals surface area contributed by atoms with Crippen LogP contribution in [0.5, 0.6) is 11.5 Å². The number of hydrogen-bond acceptors (Lipinski definition) is 8. The van der Waals surface area contributed by atoms with Crippen LogP contribution in [-0.4, -0.2) is 55.1 Å². The van der Waals surface area contributed by atoms with Crippen LogP contribution in [0.3, 0.4) is 0 Å². The largest absolute Gasteiger partial charge is 0.489 e. The van der Waals surface area contributed by atoms with Crippen LogP contribution in [-0.2, 0) is 43.4 Å². The van der Waals surface area contributed by atoms with E-state index in [0.29, 0.717) is 52.4 Å². The van der Waals surface area contributed by atoms with Crippen molar-refractivity contribution in [3.8, 4) is 11.5 Å². The predicted octanol–water partition coefficient (Wildman–Crippen LogP) is 6.07. The molecule has 3 heterocycles. The summed E-state index contributed by atoms with van der Waals surface area (Å²) in [6.07, 6.45) is -1.21. The van der Waals surface area contributed by atoms with E-state index in [9.17, 15) is 9.59 Å². The zero-order valence-electron chi connectivity index (χ0n) is 25.1. The molecule has 6 rings (SSSR count). The van der Waals surface area contributed by atoms with Gasteiger partial charge in [0.25, 0.3) is 5.91 Å². The fraction of sp³-hybridized carbons (Fsp3) is 0.394. The maximum atomic E-state index is 13.5. The second-order valence-corrected chi connectivity index (χ2v) is 12.9. The van der Waals surface area contributed by atoms with Gasteiger partial charge in [-0.05, 0) is 80.3 Å². The van der Waals surface area contributed by atoms with Crippen molar-refractivity contribution in [2.45, 2.75) is 70.6 Å². The van der Waals surface area contributed by atoms with Crippen molar-refractivity contribution in [1.82, 2.24) is 4.90 Å². The van der Waals surface area contributed by atoms with Crippen molar-refractivity contribution in [2.24, 2.45) is 0 Å². The summed E-state index contributed by atoms with van der Waals surface area (Å²) in [5.41, 5.74) is 3.80. The predicted molar refractivity (Wildman–Crippen MR) is 165 cm³/mol. The van der Waals surface area contributed by atoms with Crippen LogP contribution < -0.4 is 14.4 Å². The average Bonchev–Trinajstić information content (AvgIpc) is 3.75. The van der Waals surface area contributed by atoms with Gasteiger partial charge in [-0.2, -0.15) is 0 Å². The van der Waals surface area contributed by atoms with Gasteiger partial charge in [-0.3, -0.25) is 14.5 Å². The molecule has 2 unspecified atom stereocenters. The highest BCUT2D eigenvalue weighted by atomic mass is 35.5. The molecule has 0 saturated carbocycles. The number of benzene rings is 3. The Hall–Kier alpha value is -3.34. The molecule has 1 saturated heterocycles. The van der Waals surface area contributed by atoms with E-state index in [0.717, 1.165) is 16.7 Å². The Bertz CT molecular complexity index is 1590. The molecular formula is C33H34Cl2N2O7. The zero-order chi connectivity index (χ0) is 31.3. The van der Waals surface area contributed by atoms with Gasteiger partial charge in [0.05, 0.1) is 28.4 Å². The van der Waals surface area contributed by atoms with E-state index in [4.69, 9.17) is 46.9 Å². The molecule has 1 amide bonds. The smallest absolute Gasteiger partial charge is 0.323 e. The first-order valence-corrected chi connectivity index (χ1v) is 15.1. The van der Waals surface area contributed by atoms with E-state index < -0.39 is 18.4 Å². The zero-order valence-corrected chi connectivity index (χ0v) is 26.6. The van der Waals surface area contributed by atoms with Crippen LogP contribution in [0.2, 0.25) is 10.0 Å². The lowest BCUT2D eigenvalue weighted by atomic mass is 9.92. The molecule has 0 radical (unpaired) electrons. The van der Waals surface area contributed by atoms with Crippen LogP contribution >= 0.6 is 23.2 Å². The van der Waals surface area contributed by atoms with Crippen molar-refractivity contribution in [1.29, 1.82) is 0 Å². The number of amides is 1. The molecule has 44 heavy (non-hydrogen) atoms. The SMILES string of the molecule is COC(=O)[C@@H]1Cc2cc3c(cc2CN1C1OC1OC(C)(C)C)O[C@H](c1ccc(OCc2ccc(Cl)c(Cl)c2)cc1)C(=O)N3C. The number of carbonyl (C=O) groups is 2. The van der Waals surface area contributed by atoms with Crippen molar-refractivity contribution < 1.29 is 33.3 Å². The summed E-state index contributed by atoms with van der Waals surface area (Å²) in [5, 5.41) is 0.959. The molecule has 232 valence electrons. The van der Waals surface area contributed by atoms with Crippen LogP contribution in [0.15, 0.2) is 54.6 Å². The molecule has 9 nitrogen and oxygen atoms in total.